The van der Waals surface area contributed by atoms with Crippen LogP contribution in [0.1, 0.15) is 42.0 Å². The van der Waals surface area contributed by atoms with Crippen LogP contribution in [0.15, 0.2) is 6.20 Å². The van der Waals surface area contributed by atoms with Crippen molar-refractivity contribution in [3.8, 4) is 0 Å². The fourth-order valence-electron chi connectivity index (χ4n) is 2.19. The molecule has 0 saturated heterocycles. The molecular weight excluding hydrogens is 206 g/mol. The Morgan fingerprint density at radius 1 is 1.47 bits per heavy atom. The van der Waals surface area contributed by atoms with Gasteiger partial charge in [-0.2, -0.15) is 0 Å². The average Bonchev–Trinajstić information content (AvgIpc) is 2.50. The first-order valence-electron chi connectivity index (χ1n) is 5.70. The molecule has 1 aliphatic rings. The van der Waals surface area contributed by atoms with Gasteiger partial charge in [0.25, 0.3) is 0 Å². The second-order valence-corrected chi connectivity index (χ2v) is 5.63. The molecule has 0 bridgehead atoms. The van der Waals surface area contributed by atoms with E-state index < -0.39 is 0 Å². The molecule has 0 amide bonds. The van der Waals surface area contributed by atoms with Gasteiger partial charge >= 0.3 is 0 Å². The van der Waals surface area contributed by atoms with E-state index in [0.29, 0.717) is 5.78 Å². The summed E-state index contributed by atoms with van der Waals surface area (Å²) >= 11 is 1.73. The lowest BCUT2D eigenvalue weighted by molar-refractivity contribution is -0.122. The molecule has 0 spiro atoms. The highest BCUT2D eigenvalue weighted by molar-refractivity contribution is 7.11. The van der Waals surface area contributed by atoms with Crippen molar-refractivity contribution in [3.63, 3.8) is 0 Å². The molecule has 0 aromatic carbocycles. The Kier molecular flexibility index (Phi) is 3.52. The molecule has 1 aromatic heterocycles. The van der Waals surface area contributed by atoms with Crippen LogP contribution in [0.4, 0.5) is 0 Å². The average molecular weight is 223 g/mol. The second-order valence-electron chi connectivity index (χ2n) is 4.31. The Labute approximate surface area is 94.7 Å². The van der Waals surface area contributed by atoms with Crippen molar-refractivity contribution >= 4 is 17.1 Å². The quantitative estimate of drug-likeness (QED) is 0.721. The summed E-state index contributed by atoms with van der Waals surface area (Å²) in [7, 11) is 0. The molecule has 0 aliphatic heterocycles. The number of hydrogen-bond donors (Lipinski definition) is 0. The summed E-state index contributed by atoms with van der Waals surface area (Å²) in [4.78, 5) is 17.3. The van der Waals surface area contributed by atoms with Crippen molar-refractivity contribution in [1.82, 2.24) is 4.98 Å². The van der Waals surface area contributed by atoms with Crippen LogP contribution in [-0.4, -0.2) is 10.8 Å². The van der Waals surface area contributed by atoms with Gasteiger partial charge in [0.2, 0.25) is 0 Å². The van der Waals surface area contributed by atoms with Crippen LogP contribution in [0.5, 0.6) is 0 Å². The summed E-state index contributed by atoms with van der Waals surface area (Å²) in [6.45, 7) is 2.02. The van der Waals surface area contributed by atoms with E-state index in [1.54, 1.807) is 11.3 Å². The van der Waals surface area contributed by atoms with Crippen LogP contribution >= 0.6 is 11.3 Å². The molecule has 0 N–H and O–H groups in total. The number of carbonyl (C=O) groups excluding carboxylic acids is 1. The van der Waals surface area contributed by atoms with E-state index in [4.69, 9.17) is 0 Å². The second kappa shape index (κ2) is 4.88. The molecule has 2 nitrogen and oxygen atoms in total. The zero-order valence-corrected chi connectivity index (χ0v) is 9.98. The molecule has 3 heteroatoms. The maximum atomic E-state index is 11.8. The van der Waals surface area contributed by atoms with Gasteiger partial charge in [-0.3, -0.25) is 4.79 Å². The topological polar surface area (TPSA) is 30.0 Å². The summed E-state index contributed by atoms with van der Waals surface area (Å²) in [5.74, 6) is 0.742. The van der Waals surface area contributed by atoms with Gasteiger partial charge in [-0.15, -0.1) is 11.3 Å². The van der Waals surface area contributed by atoms with Crippen molar-refractivity contribution in [1.29, 1.82) is 0 Å². The third-order valence-electron chi connectivity index (χ3n) is 3.05. The number of aromatic nitrogens is 1. The van der Waals surface area contributed by atoms with Crippen molar-refractivity contribution in [2.45, 2.75) is 45.4 Å². The van der Waals surface area contributed by atoms with Gasteiger partial charge in [0.15, 0.2) is 0 Å². The first kappa shape index (κ1) is 10.8. The van der Waals surface area contributed by atoms with Crippen LogP contribution in [-0.2, 0) is 11.2 Å². The van der Waals surface area contributed by atoms with Gasteiger partial charge < -0.3 is 0 Å². The van der Waals surface area contributed by atoms with Crippen LogP contribution < -0.4 is 0 Å². The highest BCUT2D eigenvalue weighted by Gasteiger charge is 2.21. The van der Waals surface area contributed by atoms with Gasteiger partial charge in [-0.25, -0.2) is 4.98 Å². The standard InChI is InChI=1S/C12H17NOS/c1-9-13-8-11(15-9)7-10-5-3-2-4-6-12(10)14/h8,10H,2-7H2,1H3. The van der Waals surface area contributed by atoms with Crippen LogP contribution in [0.3, 0.4) is 0 Å². The number of rotatable bonds is 2. The largest absolute Gasteiger partial charge is 0.299 e. The normalized spacial score (nSPS) is 22.7. The Morgan fingerprint density at radius 2 is 2.33 bits per heavy atom. The maximum Gasteiger partial charge on any atom is 0.136 e. The summed E-state index contributed by atoms with van der Waals surface area (Å²) in [5.41, 5.74) is 0. The summed E-state index contributed by atoms with van der Waals surface area (Å²) in [6, 6.07) is 0. The van der Waals surface area contributed by atoms with Gasteiger partial charge in [0.1, 0.15) is 5.78 Å². The number of ketones is 1. The third kappa shape index (κ3) is 2.88. The van der Waals surface area contributed by atoms with Crippen molar-refractivity contribution in [2.24, 2.45) is 5.92 Å². The van der Waals surface area contributed by atoms with E-state index in [2.05, 4.69) is 4.98 Å². The van der Waals surface area contributed by atoms with Gasteiger partial charge in [0.05, 0.1) is 5.01 Å². The number of carbonyl (C=O) groups is 1. The summed E-state index contributed by atoms with van der Waals surface area (Å²) in [6.07, 6.45) is 8.26. The highest BCUT2D eigenvalue weighted by Crippen LogP contribution is 2.25. The lowest BCUT2D eigenvalue weighted by atomic mass is 9.95. The Balaban J connectivity index is 2.00. The predicted octanol–water partition coefficient (Wildman–Crippen LogP) is 3.14. The van der Waals surface area contributed by atoms with E-state index in [9.17, 15) is 4.79 Å². The minimum absolute atomic E-state index is 0.271. The lowest BCUT2D eigenvalue weighted by Gasteiger charge is -2.10. The van der Waals surface area contributed by atoms with Gasteiger partial charge in [0, 0.05) is 23.4 Å². The minimum atomic E-state index is 0.271. The molecule has 0 radical (unpaired) electrons. The molecule has 1 aliphatic carbocycles. The molecule has 1 heterocycles. The number of Topliss-reactive ketones (excluding diaryl/α,β-unsaturated/α-hetero) is 1. The van der Waals surface area contributed by atoms with E-state index in [0.717, 1.165) is 30.7 Å². The van der Waals surface area contributed by atoms with Gasteiger partial charge in [-0.1, -0.05) is 12.8 Å². The Morgan fingerprint density at radius 3 is 3.07 bits per heavy atom. The first-order chi connectivity index (χ1) is 7.25. The zero-order valence-electron chi connectivity index (χ0n) is 9.16. The lowest BCUT2D eigenvalue weighted by Crippen LogP contribution is -2.14. The minimum Gasteiger partial charge on any atom is -0.299 e. The van der Waals surface area contributed by atoms with Crippen LogP contribution in [0.25, 0.3) is 0 Å². The molecule has 1 unspecified atom stereocenters. The molecule has 1 atom stereocenters. The Hall–Kier alpha value is -0.700. The fraction of sp³-hybridized carbons (Fsp3) is 0.667. The van der Waals surface area contributed by atoms with Crippen molar-refractivity contribution in [3.05, 3.63) is 16.1 Å². The van der Waals surface area contributed by atoms with E-state index >= 15 is 0 Å². The smallest absolute Gasteiger partial charge is 0.136 e. The van der Waals surface area contributed by atoms with E-state index in [-0.39, 0.29) is 5.92 Å². The monoisotopic (exact) mass is 223 g/mol. The third-order valence-corrected chi connectivity index (χ3v) is 3.98. The molecule has 1 saturated carbocycles. The number of hydrogen-bond acceptors (Lipinski definition) is 3. The molecule has 82 valence electrons. The maximum absolute atomic E-state index is 11.8. The number of thiazole rings is 1. The Bertz CT molecular complexity index is 345. The molecule has 1 aromatic rings. The fourth-order valence-corrected chi connectivity index (χ4v) is 3.07. The van der Waals surface area contributed by atoms with E-state index in [1.807, 2.05) is 13.1 Å². The van der Waals surface area contributed by atoms with Gasteiger partial charge in [-0.05, 0) is 26.2 Å². The molecule has 1 fully saturated rings. The zero-order chi connectivity index (χ0) is 10.7. The van der Waals surface area contributed by atoms with E-state index in [1.165, 1.54) is 17.7 Å². The number of nitrogens with zero attached hydrogens (tertiary/aromatic N) is 1. The SMILES string of the molecule is Cc1ncc(CC2CCCCCC2=O)s1. The van der Waals surface area contributed by atoms with Crippen molar-refractivity contribution in [2.75, 3.05) is 0 Å². The number of aryl methyl sites for hydroxylation is 1. The summed E-state index contributed by atoms with van der Waals surface area (Å²) in [5, 5.41) is 1.10. The highest BCUT2D eigenvalue weighted by atomic mass is 32.1. The van der Waals surface area contributed by atoms with Crippen molar-refractivity contribution < 1.29 is 4.79 Å². The molecule has 2 rings (SSSR count). The molecular formula is C12H17NOS. The summed E-state index contributed by atoms with van der Waals surface area (Å²) < 4.78 is 0. The van der Waals surface area contributed by atoms with Crippen LogP contribution in [0, 0.1) is 12.8 Å². The predicted molar refractivity (Wildman–Crippen MR) is 62.1 cm³/mol. The van der Waals surface area contributed by atoms with Crippen LogP contribution in [0.2, 0.25) is 0 Å². The first-order valence-corrected chi connectivity index (χ1v) is 6.51. The molecule has 15 heavy (non-hydrogen) atoms.